The van der Waals surface area contributed by atoms with Crippen molar-refractivity contribution in [3.8, 4) is 5.69 Å². The summed E-state index contributed by atoms with van der Waals surface area (Å²) in [5, 5.41) is 0. The molecule has 0 aliphatic carbocycles. The molecule has 0 fully saturated rings. The molecule has 0 radical (unpaired) electrons. The van der Waals surface area contributed by atoms with Gasteiger partial charge in [0, 0.05) is 0 Å². The van der Waals surface area contributed by atoms with Crippen molar-refractivity contribution in [1.82, 2.24) is 19.5 Å². The Labute approximate surface area is 114 Å². The minimum atomic E-state index is -0.426. The second kappa shape index (κ2) is 4.51. The summed E-state index contributed by atoms with van der Waals surface area (Å²) in [6.45, 7) is 0. The maximum atomic E-state index is 13.2. The predicted molar refractivity (Wildman–Crippen MR) is 70.6 cm³/mol. The van der Waals surface area contributed by atoms with Crippen LogP contribution in [0.5, 0.6) is 0 Å². The van der Waals surface area contributed by atoms with Crippen LogP contribution in [0.3, 0.4) is 0 Å². The summed E-state index contributed by atoms with van der Waals surface area (Å²) < 4.78 is 14.9. The maximum absolute atomic E-state index is 13.2. The molecule has 3 rings (SSSR count). The first-order valence-corrected chi connectivity index (χ1v) is 6.10. The van der Waals surface area contributed by atoms with E-state index in [0.29, 0.717) is 10.3 Å². The van der Waals surface area contributed by atoms with E-state index in [1.807, 2.05) is 0 Å². The number of halogens is 2. The quantitative estimate of drug-likeness (QED) is 0.688. The van der Waals surface area contributed by atoms with Crippen LogP contribution >= 0.6 is 15.9 Å². The molecule has 5 nitrogen and oxygen atoms in total. The highest BCUT2D eigenvalue weighted by atomic mass is 79.9. The van der Waals surface area contributed by atoms with Crippen LogP contribution in [0.1, 0.15) is 0 Å². The van der Waals surface area contributed by atoms with Crippen molar-refractivity contribution in [1.29, 1.82) is 0 Å². The van der Waals surface area contributed by atoms with E-state index in [1.165, 1.54) is 35.3 Å². The lowest BCUT2D eigenvalue weighted by Crippen LogP contribution is -2.20. The van der Waals surface area contributed by atoms with Gasteiger partial charge >= 0.3 is 0 Å². The van der Waals surface area contributed by atoms with Crippen LogP contribution in [0.15, 0.2) is 46.2 Å². The Morgan fingerprint density at radius 3 is 2.89 bits per heavy atom. The standard InChI is InChI=1S/C12H6BrFN4O/c13-9-5-15-11-10(17-9)12(19)18(6-16-11)8-3-1-2-7(14)4-8/h1-6H. The molecule has 2 aromatic heterocycles. The normalized spacial score (nSPS) is 10.8. The number of rotatable bonds is 1. The van der Waals surface area contributed by atoms with Crippen molar-refractivity contribution in [2.75, 3.05) is 0 Å². The van der Waals surface area contributed by atoms with E-state index in [4.69, 9.17) is 0 Å². The molecule has 0 spiro atoms. The largest absolute Gasteiger partial charge is 0.286 e. The summed E-state index contributed by atoms with van der Waals surface area (Å²) in [4.78, 5) is 24.3. The first-order valence-electron chi connectivity index (χ1n) is 5.31. The monoisotopic (exact) mass is 320 g/mol. The van der Waals surface area contributed by atoms with E-state index in [0.717, 1.165) is 0 Å². The van der Waals surface area contributed by atoms with Crippen molar-refractivity contribution in [3.05, 3.63) is 57.6 Å². The summed E-state index contributed by atoms with van der Waals surface area (Å²) >= 11 is 3.15. The molecule has 94 valence electrons. The lowest BCUT2D eigenvalue weighted by molar-refractivity contribution is 0.626. The fraction of sp³-hybridized carbons (Fsp3) is 0. The molecule has 0 aliphatic heterocycles. The molecule has 0 aliphatic rings. The topological polar surface area (TPSA) is 60.7 Å². The molecular formula is C12H6BrFN4O. The van der Waals surface area contributed by atoms with Gasteiger partial charge in [0.1, 0.15) is 16.7 Å². The van der Waals surface area contributed by atoms with Crippen LogP contribution in [0.25, 0.3) is 16.9 Å². The molecule has 3 aromatic rings. The lowest BCUT2D eigenvalue weighted by Gasteiger charge is -2.05. The molecular weight excluding hydrogens is 315 g/mol. The Kier molecular flexibility index (Phi) is 2.83. The highest BCUT2D eigenvalue weighted by Crippen LogP contribution is 2.10. The van der Waals surface area contributed by atoms with Crippen LogP contribution in [-0.2, 0) is 0 Å². The smallest absolute Gasteiger partial charge is 0.266 e. The third-order valence-corrected chi connectivity index (χ3v) is 2.91. The molecule has 1 aromatic carbocycles. The average Bonchev–Trinajstić information content (AvgIpc) is 2.40. The summed E-state index contributed by atoms with van der Waals surface area (Å²) in [5.74, 6) is -0.426. The second-order valence-electron chi connectivity index (χ2n) is 3.76. The molecule has 0 atom stereocenters. The fourth-order valence-electron chi connectivity index (χ4n) is 1.69. The third-order valence-electron chi connectivity index (χ3n) is 2.53. The van der Waals surface area contributed by atoms with Gasteiger partial charge in [-0.3, -0.25) is 9.36 Å². The van der Waals surface area contributed by atoms with Gasteiger partial charge in [0.25, 0.3) is 5.56 Å². The number of benzene rings is 1. The van der Waals surface area contributed by atoms with Gasteiger partial charge in [-0.05, 0) is 34.1 Å². The highest BCUT2D eigenvalue weighted by Gasteiger charge is 2.09. The van der Waals surface area contributed by atoms with Gasteiger partial charge in [0.15, 0.2) is 11.2 Å². The third kappa shape index (κ3) is 2.12. The molecule has 0 amide bonds. The Morgan fingerprint density at radius 2 is 2.11 bits per heavy atom. The van der Waals surface area contributed by atoms with Gasteiger partial charge < -0.3 is 0 Å². The summed E-state index contributed by atoms with van der Waals surface area (Å²) in [6, 6.07) is 5.69. The van der Waals surface area contributed by atoms with Gasteiger partial charge in [0.05, 0.1) is 11.9 Å². The van der Waals surface area contributed by atoms with Gasteiger partial charge in [0.2, 0.25) is 0 Å². The number of hydrogen-bond acceptors (Lipinski definition) is 4. The maximum Gasteiger partial charge on any atom is 0.286 e. The van der Waals surface area contributed by atoms with Crippen LogP contribution in [0.4, 0.5) is 4.39 Å². The Morgan fingerprint density at radius 1 is 1.26 bits per heavy atom. The fourth-order valence-corrected chi connectivity index (χ4v) is 1.97. The van der Waals surface area contributed by atoms with Crippen LogP contribution < -0.4 is 5.56 Å². The van der Waals surface area contributed by atoms with Crippen molar-refractivity contribution in [3.63, 3.8) is 0 Å². The molecule has 0 unspecified atom stereocenters. The van der Waals surface area contributed by atoms with Gasteiger partial charge in [-0.15, -0.1) is 0 Å². The van der Waals surface area contributed by atoms with E-state index >= 15 is 0 Å². The highest BCUT2D eigenvalue weighted by molar-refractivity contribution is 9.10. The van der Waals surface area contributed by atoms with Gasteiger partial charge in [-0.25, -0.2) is 19.3 Å². The number of nitrogens with zero attached hydrogens (tertiary/aromatic N) is 4. The van der Waals surface area contributed by atoms with E-state index in [-0.39, 0.29) is 11.2 Å². The summed E-state index contributed by atoms with van der Waals surface area (Å²) in [5.41, 5.74) is 0.368. The first kappa shape index (κ1) is 11.9. The molecule has 7 heteroatoms. The zero-order chi connectivity index (χ0) is 13.4. The van der Waals surface area contributed by atoms with E-state index in [2.05, 4.69) is 30.9 Å². The number of hydrogen-bond donors (Lipinski definition) is 0. The molecule has 0 saturated heterocycles. The van der Waals surface area contributed by atoms with Crippen molar-refractivity contribution < 1.29 is 4.39 Å². The van der Waals surface area contributed by atoms with Crippen LogP contribution in [-0.4, -0.2) is 19.5 Å². The Bertz CT molecular complexity index is 833. The average molecular weight is 321 g/mol. The van der Waals surface area contributed by atoms with E-state index < -0.39 is 11.4 Å². The zero-order valence-electron chi connectivity index (χ0n) is 9.42. The second-order valence-corrected chi connectivity index (χ2v) is 4.58. The van der Waals surface area contributed by atoms with Crippen LogP contribution in [0, 0.1) is 5.82 Å². The number of aromatic nitrogens is 4. The summed E-state index contributed by atoms with van der Waals surface area (Å²) in [6.07, 6.45) is 2.77. The van der Waals surface area contributed by atoms with Gasteiger partial charge in [-0.2, -0.15) is 0 Å². The molecule has 0 N–H and O–H groups in total. The van der Waals surface area contributed by atoms with Crippen molar-refractivity contribution >= 4 is 27.1 Å². The Balaban J connectivity index is 2.31. The number of fused-ring (bicyclic) bond motifs is 1. The van der Waals surface area contributed by atoms with Crippen molar-refractivity contribution in [2.24, 2.45) is 0 Å². The Hall–Kier alpha value is -2.15. The van der Waals surface area contributed by atoms with Crippen LogP contribution in [0.2, 0.25) is 0 Å². The van der Waals surface area contributed by atoms with E-state index in [9.17, 15) is 9.18 Å². The minimum absolute atomic E-state index is 0.126. The zero-order valence-corrected chi connectivity index (χ0v) is 11.0. The lowest BCUT2D eigenvalue weighted by atomic mass is 10.3. The molecule has 0 saturated carbocycles. The molecule has 19 heavy (non-hydrogen) atoms. The van der Waals surface area contributed by atoms with E-state index in [1.54, 1.807) is 6.07 Å². The molecule has 0 bridgehead atoms. The summed E-state index contributed by atoms with van der Waals surface area (Å²) in [7, 11) is 0. The molecule has 2 heterocycles. The van der Waals surface area contributed by atoms with Crippen molar-refractivity contribution in [2.45, 2.75) is 0 Å². The minimum Gasteiger partial charge on any atom is -0.266 e. The SMILES string of the molecule is O=c1c2nc(Br)cnc2ncn1-c1cccc(F)c1. The predicted octanol–water partition coefficient (Wildman–Crippen LogP) is 2.08. The van der Waals surface area contributed by atoms with Gasteiger partial charge in [-0.1, -0.05) is 6.07 Å². The first-order chi connectivity index (χ1) is 9.15.